The third-order valence-electron chi connectivity index (χ3n) is 6.58. The Morgan fingerprint density at radius 2 is 1.71 bits per heavy atom. The van der Waals surface area contributed by atoms with Crippen molar-refractivity contribution in [2.45, 2.75) is 12.5 Å². The molecule has 6 heteroatoms. The highest BCUT2D eigenvalue weighted by Gasteiger charge is 2.33. The number of aromatic amines is 1. The van der Waals surface area contributed by atoms with Crippen molar-refractivity contribution < 1.29 is 19.0 Å². The summed E-state index contributed by atoms with van der Waals surface area (Å²) in [5, 5.41) is 1.22. The van der Waals surface area contributed by atoms with E-state index < -0.39 is 0 Å². The van der Waals surface area contributed by atoms with E-state index in [1.54, 1.807) is 27.4 Å². The molecule has 1 aliphatic rings. The number of amides is 1. The summed E-state index contributed by atoms with van der Waals surface area (Å²) >= 11 is 0. The minimum atomic E-state index is -0.223. The van der Waals surface area contributed by atoms with Crippen LogP contribution in [0.15, 0.2) is 72.8 Å². The molecule has 2 heterocycles. The van der Waals surface area contributed by atoms with Gasteiger partial charge in [0.1, 0.15) is 5.75 Å². The number of nitrogens with one attached hydrogen (secondary N) is 1. The molecule has 3 aromatic carbocycles. The molecule has 1 atom stereocenters. The fourth-order valence-corrected chi connectivity index (χ4v) is 4.83. The maximum Gasteiger partial charge on any atom is 0.247 e. The van der Waals surface area contributed by atoms with Crippen LogP contribution in [0.5, 0.6) is 17.2 Å². The van der Waals surface area contributed by atoms with Crippen molar-refractivity contribution in [2.24, 2.45) is 0 Å². The Labute approximate surface area is 204 Å². The molecule has 5 rings (SSSR count). The number of carbonyl (C=O) groups excluding carboxylic acids is 1. The van der Waals surface area contributed by atoms with Crippen molar-refractivity contribution in [3.8, 4) is 17.2 Å². The second-order valence-electron chi connectivity index (χ2n) is 8.47. The summed E-state index contributed by atoms with van der Waals surface area (Å²) in [6.45, 7) is 0.626. The summed E-state index contributed by atoms with van der Waals surface area (Å²) in [6, 6.07) is 21.6. The van der Waals surface area contributed by atoms with Gasteiger partial charge in [0.2, 0.25) is 5.91 Å². The predicted octanol–water partition coefficient (Wildman–Crippen LogP) is 5.38. The zero-order chi connectivity index (χ0) is 24.4. The fourth-order valence-electron chi connectivity index (χ4n) is 4.83. The van der Waals surface area contributed by atoms with Crippen LogP contribution < -0.4 is 14.2 Å². The van der Waals surface area contributed by atoms with E-state index in [9.17, 15) is 4.79 Å². The first-order valence-electron chi connectivity index (χ1n) is 11.6. The quantitative estimate of drug-likeness (QED) is 0.386. The summed E-state index contributed by atoms with van der Waals surface area (Å²) < 4.78 is 16.1. The summed E-state index contributed by atoms with van der Waals surface area (Å²) in [7, 11) is 4.85. The lowest BCUT2D eigenvalue weighted by atomic mass is 9.92. The molecule has 0 saturated carbocycles. The van der Waals surface area contributed by atoms with Gasteiger partial charge in [-0.05, 0) is 59.5 Å². The van der Waals surface area contributed by atoms with Crippen molar-refractivity contribution in [1.29, 1.82) is 0 Å². The molecule has 1 N–H and O–H groups in total. The molecular weight excluding hydrogens is 440 g/mol. The molecule has 0 bridgehead atoms. The van der Waals surface area contributed by atoms with E-state index in [-0.39, 0.29) is 11.9 Å². The smallest absolute Gasteiger partial charge is 0.247 e. The van der Waals surface area contributed by atoms with Gasteiger partial charge in [-0.3, -0.25) is 4.79 Å². The van der Waals surface area contributed by atoms with Crippen LogP contribution in [0.25, 0.3) is 17.0 Å². The van der Waals surface area contributed by atoms with Crippen LogP contribution >= 0.6 is 0 Å². The first-order chi connectivity index (χ1) is 17.1. The SMILES string of the molecule is COc1ccc([C@H]2c3[nH]c4ccccc4c3CCN2C(=O)/C=C/c2ccc(OC)c(OC)c2)cc1. The lowest BCUT2D eigenvalue weighted by Crippen LogP contribution is -2.39. The van der Waals surface area contributed by atoms with E-state index in [1.807, 2.05) is 59.5 Å². The van der Waals surface area contributed by atoms with Gasteiger partial charge < -0.3 is 24.1 Å². The maximum atomic E-state index is 13.5. The Kier molecular flexibility index (Phi) is 6.19. The van der Waals surface area contributed by atoms with Gasteiger partial charge in [0.05, 0.1) is 27.4 Å². The van der Waals surface area contributed by atoms with Crippen LogP contribution in [-0.2, 0) is 11.2 Å². The van der Waals surface area contributed by atoms with Gasteiger partial charge in [-0.25, -0.2) is 0 Å². The summed E-state index contributed by atoms with van der Waals surface area (Å²) in [5.41, 5.74) is 5.32. The molecular formula is C29H28N2O4. The van der Waals surface area contributed by atoms with Gasteiger partial charge in [0, 0.05) is 29.2 Å². The number of para-hydroxylation sites is 1. The number of hydrogen-bond donors (Lipinski definition) is 1. The molecule has 1 amide bonds. The average molecular weight is 469 g/mol. The largest absolute Gasteiger partial charge is 0.497 e. The van der Waals surface area contributed by atoms with Crippen molar-refractivity contribution in [3.05, 3.63) is 95.2 Å². The molecule has 0 aliphatic carbocycles. The van der Waals surface area contributed by atoms with Crippen LogP contribution in [0.2, 0.25) is 0 Å². The first kappa shape index (κ1) is 22.6. The normalized spacial score (nSPS) is 15.3. The second kappa shape index (κ2) is 9.58. The molecule has 0 spiro atoms. The standard InChI is InChI=1S/C29H28N2O4/c1-33-21-12-10-20(11-13-21)29-28-23(22-6-4-5-7-24(22)30-28)16-17-31(29)27(32)15-9-19-8-14-25(34-2)26(18-19)35-3/h4-15,18,29-30H,16-17H2,1-3H3/b15-9+/t29-/m0/s1. The van der Waals surface area contributed by atoms with Crippen molar-refractivity contribution >= 4 is 22.9 Å². The molecule has 6 nitrogen and oxygen atoms in total. The third-order valence-corrected chi connectivity index (χ3v) is 6.58. The minimum Gasteiger partial charge on any atom is -0.497 e. The van der Waals surface area contributed by atoms with Gasteiger partial charge in [0.15, 0.2) is 11.5 Å². The first-order valence-corrected chi connectivity index (χ1v) is 11.6. The van der Waals surface area contributed by atoms with Crippen LogP contribution in [0.1, 0.15) is 28.4 Å². The van der Waals surface area contributed by atoms with Gasteiger partial charge >= 0.3 is 0 Å². The van der Waals surface area contributed by atoms with E-state index in [1.165, 1.54) is 10.9 Å². The number of aromatic nitrogens is 1. The monoisotopic (exact) mass is 468 g/mol. The van der Waals surface area contributed by atoms with Gasteiger partial charge in [-0.1, -0.05) is 36.4 Å². The molecule has 35 heavy (non-hydrogen) atoms. The van der Waals surface area contributed by atoms with E-state index in [0.29, 0.717) is 18.0 Å². The lowest BCUT2D eigenvalue weighted by Gasteiger charge is -2.35. The van der Waals surface area contributed by atoms with Crippen LogP contribution in [-0.4, -0.2) is 43.7 Å². The zero-order valence-corrected chi connectivity index (χ0v) is 20.1. The van der Waals surface area contributed by atoms with Crippen LogP contribution in [0.3, 0.4) is 0 Å². The average Bonchev–Trinajstić information content (AvgIpc) is 3.29. The van der Waals surface area contributed by atoms with Crippen LogP contribution in [0.4, 0.5) is 0 Å². The molecule has 0 unspecified atom stereocenters. The van der Waals surface area contributed by atoms with E-state index in [0.717, 1.165) is 34.5 Å². The summed E-state index contributed by atoms with van der Waals surface area (Å²) in [6.07, 6.45) is 4.24. The van der Waals surface area contributed by atoms with E-state index in [2.05, 4.69) is 23.2 Å². The molecule has 4 aromatic rings. The Morgan fingerprint density at radius 1 is 0.943 bits per heavy atom. The molecule has 1 aromatic heterocycles. The Morgan fingerprint density at radius 3 is 2.46 bits per heavy atom. The zero-order valence-electron chi connectivity index (χ0n) is 20.1. The highest BCUT2D eigenvalue weighted by Crippen LogP contribution is 2.39. The summed E-state index contributed by atoms with van der Waals surface area (Å²) in [4.78, 5) is 19.1. The number of rotatable bonds is 6. The Hall–Kier alpha value is -4.19. The number of benzene rings is 3. The third kappa shape index (κ3) is 4.23. The van der Waals surface area contributed by atoms with E-state index >= 15 is 0 Å². The maximum absolute atomic E-state index is 13.5. The number of fused-ring (bicyclic) bond motifs is 3. The van der Waals surface area contributed by atoms with Gasteiger partial charge in [-0.2, -0.15) is 0 Å². The topological polar surface area (TPSA) is 63.8 Å². The molecule has 0 fully saturated rings. The Balaban J connectivity index is 1.51. The van der Waals surface area contributed by atoms with Crippen molar-refractivity contribution in [3.63, 3.8) is 0 Å². The number of methoxy groups -OCH3 is 3. The van der Waals surface area contributed by atoms with E-state index in [4.69, 9.17) is 14.2 Å². The predicted molar refractivity (Wildman–Crippen MR) is 137 cm³/mol. The summed E-state index contributed by atoms with van der Waals surface area (Å²) in [5.74, 6) is 2.01. The number of nitrogens with zero attached hydrogens (tertiary/aromatic N) is 1. The van der Waals surface area contributed by atoms with Crippen molar-refractivity contribution in [1.82, 2.24) is 9.88 Å². The second-order valence-corrected chi connectivity index (χ2v) is 8.47. The number of carbonyl (C=O) groups is 1. The van der Waals surface area contributed by atoms with Crippen LogP contribution in [0, 0.1) is 0 Å². The highest BCUT2D eigenvalue weighted by atomic mass is 16.5. The minimum absolute atomic E-state index is 0.0510. The number of hydrogen-bond acceptors (Lipinski definition) is 4. The lowest BCUT2D eigenvalue weighted by molar-refractivity contribution is -0.128. The van der Waals surface area contributed by atoms with Gasteiger partial charge in [-0.15, -0.1) is 0 Å². The molecule has 178 valence electrons. The number of ether oxygens (including phenoxy) is 3. The fraction of sp³-hybridized carbons (Fsp3) is 0.207. The van der Waals surface area contributed by atoms with Gasteiger partial charge in [0.25, 0.3) is 0 Å². The Bertz CT molecular complexity index is 1390. The van der Waals surface area contributed by atoms with Crippen molar-refractivity contribution in [2.75, 3.05) is 27.9 Å². The number of H-pyrrole nitrogens is 1. The molecule has 0 saturated heterocycles. The molecule has 0 radical (unpaired) electrons. The highest BCUT2D eigenvalue weighted by molar-refractivity contribution is 5.93. The molecule has 1 aliphatic heterocycles.